The van der Waals surface area contributed by atoms with Crippen molar-refractivity contribution < 1.29 is 4.74 Å². The molecule has 0 amide bonds. The van der Waals surface area contributed by atoms with Crippen LogP contribution in [-0.4, -0.2) is 23.0 Å². The van der Waals surface area contributed by atoms with E-state index in [1.807, 2.05) is 0 Å². The molecule has 0 aliphatic carbocycles. The Morgan fingerprint density at radius 1 is 1.15 bits per heavy atom. The number of aryl methyl sites for hydroxylation is 1. The molecule has 0 saturated heterocycles. The van der Waals surface area contributed by atoms with Crippen molar-refractivity contribution in [2.75, 3.05) is 13.2 Å². The highest BCUT2D eigenvalue weighted by molar-refractivity contribution is 6.20. The van der Waals surface area contributed by atoms with E-state index in [9.17, 15) is 0 Å². The Labute approximate surface area is 128 Å². The molecule has 0 N–H and O–H groups in total. The smallest absolute Gasteiger partial charge is 0.0671 e. The number of halogens is 1. The van der Waals surface area contributed by atoms with E-state index in [1.54, 1.807) is 0 Å². The fraction of sp³-hybridized carbons (Fsp3) is 0.812. The van der Waals surface area contributed by atoms with Gasteiger partial charge in [-0.25, -0.2) is 0 Å². The van der Waals surface area contributed by atoms with Gasteiger partial charge < -0.3 is 4.74 Å². The van der Waals surface area contributed by atoms with Gasteiger partial charge in [0.15, 0.2) is 0 Å². The van der Waals surface area contributed by atoms with Gasteiger partial charge in [0.1, 0.15) is 0 Å². The van der Waals surface area contributed by atoms with Crippen LogP contribution >= 0.6 is 11.6 Å². The van der Waals surface area contributed by atoms with Gasteiger partial charge in [0.2, 0.25) is 0 Å². The van der Waals surface area contributed by atoms with Gasteiger partial charge in [-0.3, -0.25) is 4.68 Å². The minimum absolute atomic E-state index is 0.0784. The van der Waals surface area contributed by atoms with Crippen LogP contribution in [0.4, 0.5) is 0 Å². The van der Waals surface area contributed by atoms with E-state index < -0.39 is 0 Å². The zero-order valence-electron chi connectivity index (χ0n) is 13.4. The Morgan fingerprint density at radius 2 is 1.90 bits per heavy atom. The molecule has 0 saturated carbocycles. The van der Waals surface area contributed by atoms with Gasteiger partial charge in [-0.15, -0.1) is 11.6 Å². The molecular weight excluding hydrogens is 272 g/mol. The van der Waals surface area contributed by atoms with Gasteiger partial charge in [-0.1, -0.05) is 34.1 Å². The molecule has 1 aromatic heterocycles. The largest absolute Gasteiger partial charge is 0.380 e. The average Bonchev–Trinajstić information content (AvgIpc) is 2.83. The second-order valence-electron chi connectivity index (χ2n) is 5.08. The van der Waals surface area contributed by atoms with Crippen LogP contribution in [0.5, 0.6) is 0 Å². The molecule has 1 atom stereocenters. The molecule has 0 aliphatic heterocycles. The van der Waals surface area contributed by atoms with Crippen LogP contribution in [0.2, 0.25) is 0 Å². The molecule has 1 heterocycles. The Kier molecular flexibility index (Phi) is 8.24. The van der Waals surface area contributed by atoms with E-state index in [1.165, 1.54) is 17.7 Å². The van der Waals surface area contributed by atoms with Crippen LogP contribution in [0.25, 0.3) is 0 Å². The lowest BCUT2D eigenvalue weighted by Gasteiger charge is -2.11. The van der Waals surface area contributed by atoms with Crippen molar-refractivity contribution in [3.05, 3.63) is 17.0 Å². The Balaban J connectivity index is 2.77. The fourth-order valence-corrected chi connectivity index (χ4v) is 2.70. The molecule has 1 rings (SSSR count). The fourth-order valence-electron chi connectivity index (χ4n) is 2.45. The summed E-state index contributed by atoms with van der Waals surface area (Å²) in [5.41, 5.74) is 3.69. The van der Waals surface area contributed by atoms with E-state index in [2.05, 4.69) is 32.4 Å². The molecule has 0 fully saturated rings. The maximum absolute atomic E-state index is 6.49. The minimum atomic E-state index is 0.0784. The monoisotopic (exact) mass is 300 g/mol. The first kappa shape index (κ1) is 17.5. The second kappa shape index (κ2) is 9.41. The lowest BCUT2D eigenvalue weighted by Crippen LogP contribution is -2.11. The lowest BCUT2D eigenvalue weighted by molar-refractivity contribution is 0.120. The first-order valence-corrected chi connectivity index (χ1v) is 8.43. The SMILES string of the molecule is CCCCOCCn1nc(CC)c(C(Cl)CC)c1CC. The van der Waals surface area contributed by atoms with Crippen LogP contribution in [0.1, 0.15) is 69.3 Å². The normalized spacial score (nSPS) is 12.8. The summed E-state index contributed by atoms with van der Waals surface area (Å²) in [4.78, 5) is 0. The van der Waals surface area contributed by atoms with Gasteiger partial charge >= 0.3 is 0 Å². The minimum Gasteiger partial charge on any atom is -0.380 e. The molecule has 0 radical (unpaired) electrons. The summed E-state index contributed by atoms with van der Waals surface area (Å²) in [5.74, 6) is 0. The highest BCUT2D eigenvalue weighted by Crippen LogP contribution is 2.31. The van der Waals surface area contributed by atoms with Gasteiger partial charge in [-0.2, -0.15) is 5.10 Å². The number of ether oxygens (including phenoxy) is 1. The van der Waals surface area contributed by atoms with Crippen LogP contribution in [0, 0.1) is 0 Å². The van der Waals surface area contributed by atoms with Crippen LogP contribution in [0.3, 0.4) is 0 Å². The summed E-state index contributed by atoms with van der Waals surface area (Å²) in [5, 5.41) is 4.82. The Hall–Kier alpha value is -0.540. The van der Waals surface area contributed by atoms with E-state index in [0.29, 0.717) is 0 Å². The predicted molar refractivity (Wildman–Crippen MR) is 85.6 cm³/mol. The Morgan fingerprint density at radius 3 is 2.45 bits per heavy atom. The summed E-state index contributed by atoms with van der Waals surface area (Å²) in [6.07, 6.45) is 5.16. The molecule has 0 aromatic carbocycles. The quantitative estimate of drug-likeness (QED) is 0.469. The zero-order chi connectivity index (χ0) is 15.0. The van der Waals surface area contributed by atoms with Crippen molar-refractivity contribution in [1.29, 1.82) is 0 Å². The molecule has 1 unspecified atom stereocenters. The molecule has 3 nitrogen and oxygen atoms in total. The molecular formula is C16H29ClN2O. The van der Waals surface area contributed by atoms with Gasteiger partial charge in [0.25, 0.3) is 0 Å². The summed E-state index contributed by atoms with van der Waals surface area (Å²) in [6, 6.07) is 0. The standard InChI is InChI=1S/C16H29ClN2O/c1-5-9-11-20-12-10-19-15(8-4)16(13(17)6-2)14(7-3)18-19/h13H,5-12H2,1-4H3. The topological polar surface area (TPSA) is 27.1 Å². The van der Waals surface area contributed by atoms with Crippen molar-refractivity contribution in [3.8, 4) is 0 Å². The highest BCUT2D eigenvalue weighted by Gasteiger charge is 2.20. The van der Waals surface area contributed by atoms with Crippen molar-refractivity contribution in [2.24, 2.45) is 0 Å². The maximum Gasteiger partial charge on any atom is 0.0671 e. The van der Waals surface area contributed by atoms with Crippen molar-refractivity contribution in [2.45, 2.75) is 71.7 Å². The number of nitrogens with zero attached hydrogens (tertiary/aromatic N) is 2. The second-order valence-corrected chi connectivity index (χ2v) is 5.61. The van der Waals surface area contributed by atoms with Crippen molar-refractivity contribution >= 4 is 11.6 Å². The third-order valence-electron chi connectivity index (χ3n) is 3.61. The molecule has 1 aromatic rings. The predicted octanol–water partition coefficient (Wildman–Crippen LogP) is 4.51. The van der Waals surface area contributed by atoms with Crippen LogP contribution in [-0.2, 0) is 24.1 Å². The number of hydrogen-bond donors (Lipinski definition) is 0. The van der Waals surface area contributed by atoms with Gasteiger partial charge in [-0.05, 0) is 25.7 Å². The summed E-state index contributed by atoms with van der Waals surface area (Å²) < 4.78 is 7.76. The summed E-state index contributed by atoms with van der Waals surface area (Å²) in [6.45, 7) is 11.0. The zero-order valence-corrected chi connectivity index (χ0v) is 14.2. The molecule has 20 heavy (non-hydrogen) atoms. The molecule has 4 heteroatoms. The number of rotatable bonds is 10. The van der Waals surface area contributed by atoms with Crippen LogP contribution in [0.15, 0.2) is 0 Å². The van der Waals surface area contributed by atoms with E-state index in [-0.39, 0.29) is 5.38 Å². The van der Waals surface area contributed by atoms with E-state index >= 15 is 0 Å². The molecule has 0 bridgehead atoms. The third-order valence-corrected chi connectivity index (χ3v) is 4.13. The van der Waals surface area contributed by atoms with Crippen molar-refractivity contribution in [1.82, 2.24) is 9.78 Å². The summed E-state index contributed by atoms with van der Waals surface area (Å²) >= 11 is 6.49. The number of hydrogen-bond acceptors (Lipinski definition) is 2. The van der Waals surface area contributed by atoms with E-state index in [4.69, 9.17) is 21.4 Å². The highest BCUT2D eigenvalue weighted by atomic mass is 35.5. The third kappa shape index (κ3) is 4.49. The molecule has 0 aliphatic rings. The van der Waals surface area contributed by atoms with Gasteiger partial charge in [0, 0.05) is 17.9 Å². The number of aromatic nitrogens is 2. The first-order chi connectivity index (χ1) is 9.69. The van der Waals surface area contributed by atoms with E-state index in [0.717, 1.165) is 51.1 Å². The Bertz CT molecular complexity index is 390. The van der Waals surface area contributed by atoms with Crippen LogP contribution < -0.4 is 0 Å². The lowest BCUT2D eigenvalue weighted by atomic mass is 10.0. The van der Waals surface area contributed by atoms with Gasteiger partial charge in [0.05, 0.1) is 24.2 Å². The number of alkyl halides is 1. The molecule has 0 spiro atoms. The average molecular weight is 301 g/mol. The molecule has 116 valence electrons. The van der Waals surface area contributed by atoms with Crippen molar-refractivity contribution in [3.63, 3.8) is 0 Å². The maximum atomic E-state index is 6.49. The first-order valence-electron chi connectivity index (χ1n) is 7.99. The number of unbranched alkanes of at least 4 members (excludes halogenated alkanes) is 1. The summed E-state index contributed by atoms with van der Waals surface area (Å²) in [7, 11) is 0.